The fraction of sp³-hybridized carbons (Fsp3) is 0.385. The molecule has 7 heteroatoms. The molecule has 1 atom stereocenters. The number of nitrogens with two attached hydrogens (primary N) is 1. The first-order chi connectivity index (χ1) is 9.63. The second kappa shape index (κ2) is 6.25. The van der Waals surface area contributed by atoms with Crippen molar-refractivity contribution in [2.75, 3.05) is 6.54 Å². The number of hydrogen-bond acceptors (Lipinski definition) is 6. The summed E-state index contributed by atoms with van der Waals surface area (Å²) in [5, 5.41) is 14.8. The lowest BCUT2D eigenvalue weighted by Gasteiger charge is -2.03. The fourth-order valence-corrected chi connectivity index (χ4v) is 1.91. The first-order valence-corrected chi connectivity index (χ1v) is 6.41. The first kappa shape index (κ1) is 14.1. The summed E-state index contributed by atoms with van der Waals surface area (Å²) in [6.45, 7) is 2.57. The molecule has 20 heavy (non-hydrogen) atoms. The van der Waals surface area contributed by atoms with Crippen LogP contribution in [0.1, 0.15) is 31.6 Å². The maximum atomic E-state index is 11.0. The van der Waals surface area contributed by atoms with Gasteiger partial charge in [0.15, 0.2) is 0 Å². The summed E-state index contributed by atoms with van der Waals surface area (Å²) in [6.07, 6.45) is 1.71. The summed E-state index contributed by atoms with van der Waals surface area (Å²) < 4.78 is 5.19. The van der Waals surface area contributed by atoms with Crippen LogP contribution < -0.4 is 5.73 Å². The lowest BCUT2D eigenvalue weighted by Crippen LogP contribution is -2.02. The van der Waals surface area contributed by atoms with Crippen LogP contribution in [0, 0.1) is 10.1 Å². The van der Waals surface area contributed by atoms with Gasteiger partial charge in [-0.15, -0.1) is 0 Å². The quantitative estimate of drug-likeness (QED) is 0.641. The van der Waals surface area contributed by atoms with Crippen molar-refractivity contribution in [3.8, 4) is 11.4 Å². The number of nitro benzene ring substituents is 1. The van der Waals surface area contributed by atoms with Gasteiger partial charge in [0.1, 0.15) is 5.56 Å². The Morgan fingerprint density at radius 2 is 2.20 bits per heavy atom. The van der Waals surface area contributed by atoms with E-state index in [1.54, 1.807) is 18.2 Å². The third kappa shape index (κ3) is 3.00. The van der Waals surface area contributed by atoms with Crippen molar-refractivity contribution in [3.63, 3.8) is 0 Å². The predicted octanol–water partition coefficient (Wildman–Crippen LogP) is 2.49. The third-order valence-corrected chi connectivity index (χ3v) is 3.05. The lowest BCUT2D eigenvalue weighted by molar-refractivity contribution is -0.384. The van der Waals surface area contributed by atoms with Crippen molar-refractivity contribution in [2.45, 2.75) is 25.7 Å². The van der Waals surface area contributed by atoms with Crippen LogP contribution in [0.3, 0.4) is 0 Å². The largest absolute Gasteiger partial charge is 0.339 e. The minimum Gasteiger partial charge on any atom is -0.339 e. The molecule has 7 nitrogen and oxygen atoms in total. The van der Waals surface area contributed by atoms with Crippen LogP contribution in [-0.2, 0) is 0 Å². The summed E-state index contributed by atoms with van der Waals surface area (Å²) in [5.41, 5.74) is 5.79. The number of rotatable bonds is 6. The molecule has 1 aromatic heterocycles. The Morgan fingerprint density at radius 1 is 1.45 bits per heavy atom. The van der Waals surface area contributed by atoms with Crippen molar-refractivity contribution in [2.24, 2.45) is 5.73 Å². The van der Waals surface area contributed by atoms with Gasteiger partial charge in [0.25, 0.3) is 5.69 Å². The van der Waals surface area contributed by atoms with E-state index in [1.807, 2.05) is 6.92 Å². The molecule has 0 amide bonds. The number of nitrogens with zero attached hydrogens (tertiary/aromatic N) is 3. The smallest absolute Gasteiger partial charge is 0.280 e. The van der Waals surface area contributed by atoms with Crippen LogP contribution in [0.25, 0.3) is 11.4 Å². The maximum Gasteiger partial charge on any atom is 0.280 e. The zero-order chi connectivity index (χ0) is 14.5. The molecular formula is C13H16N4O3. The van der Waals surface area contributed by atoms with Gasteiger partial charge >= 0.3 is 0 Å². The van der Waals surface area contributed by atoms with Crippen molar-refractivity contribution in [1.29, 1.82) is 0 Å². The molecular weight excluding hydrogens is 260 g/mol. The van der Waals surface area contributed by atoms with E-state index in [1.165, 1.54) is 6.07 Å². The van der Waals surface area contributed by atoms with Crippen LogP contribution in [0.2, 0.25) is 0 Å². The van der Waals surface area contributed by atoms with Gasteiger partial charge in [-0.05, 0) is 25.5 Å². The number of aromatic nitrogens is 2. The van der Waals surface area contributed by atoms with Crippen molar-refractivity contribution in [3.05, 3.63) is 40.3 Å². The molecule has 2 N–H and O–H groups in total. The van der Waals surface area contributed by atoms with Crippen molar-refractivity contribution >= 4 is 5.69 Å². The minimum atomic E-state index is -0.455. The predicted molar refractivity (Wildman–Crippen MR) is 73.1 cm³/mol. The van der Waals surface area contributed by atoms with Gasteiger partial charge in [0.05, 0.1) is 4.92 Å². The highest BCUT2D eigenvalue weighted by molar-refractivity contribution is 5.67. The highest BCUT2D eigenvalue weighted by atomic mass is 16.6. The van der Waals surface area contributed by atoms with Crippen molar-refractivity contribution < 1.29 is 9.45 Å². The van der Waals surface area contributed by atoms with E-state index in [0.29, 0.717) is 18.0 Å². The van der Waals surface area contributed by atoms with E-state index in [2.05, 4.69) is 10.1 Å². The van der Waals surface area contributed by atoms with Gasteiger partial charge in [0.2, 0.25) is 11.7 Å². The van der Waals surface area contributed by atoms with E-state index in [9.17, 15) is 10.1 Å². The summed E-state index contributed by atoms with van der Waals surface area (Å²) in [5.74, 6) is 0.807. The second-order valence-corrected chi connectivity index (χ2v) is 4.56. The van der Waals surface area contributed by atoms with E-state index in [-0.39, 0.29) is 17.4 Å². The van der Waals surface area contributed by atoms with Gasteiger partial charge in [0, 0.05) is 12.0 Å². The molecule has 0 aliphatic carbocycles. The molecule has 1 heterocycles. The van der Waals surface area contributed by atoms with Gasteiger partial charge in [-0.1, -0.05) is 24.2 Å². The molecule has 0 radical (unpaired) electrons. The normalized spacial score (nSPS) is 12.3. The Hall–Kier alpha value is -2.28. The van der Waals surface area contributed by atoms with Gasteiger partial charge in [-0.2, -0.15) is 4.98 Å². The topological polar surface area (TPSA) is 108 Å². The highest BCUT2D eigenvalue weighted by Gasteiger charge is 2.21. The molecule has 2 aromatic rings. The van der Waals surface area contributed by atoms with E-state index < -0.39 is 4.92 Å². The molecule has 1 aromatic carbocycles. The number of para-hydroxylation sites is 1. The molecule has 0 bridgehead atoms. The monoisotopic (exact) mass is 276 g/mol. The van der Waals surface area contributed by atoms with Gasteiger partial charge in [-0.3, -0.25) is 10.1 Å². The number of hydrogen-bond donors (Lipinski definition) is 1. The molecule has 0 saturated heterocycles. The Balaban J connectivity index is 2.27. The molecule has 0 aliphatic heterocycles. The van der Waals surface area contributed by atoms with E-state index >= 15 is 0 Å². The lowest BCUT2D eigenvalue weighted by atomic mass is 10.1. The average Bonchev–Trinajstić information content (AvgIpc) is 2.94. The molecule has 106 valence electrons. The SMILES string of the molecule is CC(CCCN)c1nc(-c2ccccc2[N+](=O)[O-])no1. The summed E-state index contributed by atoms with van der Waals surface area (Å²) in [6, 6.07) is 6.34. The highest BCUT2D eigenvalue weighted by Crippen LogP contribution is 2.28. The van der Waals surface area contributed by atoms with Crippen LogP contribution in [0.15, 0.2) is 28.8 Å². The fourth-order valence-electron chi connectivity index (χ4n) is 1.91. The minimum absolute atomic E-state index is 0.0329. The first-order valence-electron chi connectivity index (χ1n) is 6.41. The molecule has 2 rings (SSSR count). The summed E-state index contributed by atoms with van der Waals surface area (Å²) in [4.78, 5) is 14.8. The maximum absolute atomic E-state index is 11.0. The Morgan fingerprint density at radius 3 is 2.90 bits per heavy atom. The summed E-state index contributed by atoms with van der Waals surface area (Å²) >= 11 is 0. The molecule has 0 saturated carbocycles. The molecule has 1 unspecified atom stereocenters. The van der Waals surface area contributed by atoms with E-state index in [4.69, 9.17) is 10.3 Å². The van der Waals surface area contributed by atoms with Crippen LogP contribution in [0.5, 0.6) is 0 Å². The summed E-state index contributed by atoms with van der Waals surface area (Å²) in [7, 11) is 0. The van der Waals surface area contributed by atoms with Gasteiger partial charge in [-0.25, -0.2) is 0 Å². The molecule has 0 spiro atoms. The Bertz CT molecular complexity index is 597. The molecule has 0 aliphatic rings. The second-order valence-electron chi connectivity index (χ2n) is 4.56. The number of benzene rings is 1. The zero-order valence-electron chi connectivity index (χ0n) is 11.2. The third-order valence-electron chi connectivity index (χ3n) is 3.05. The van der Waals surface area contributed by atoms with Crippen LogP contribution in [-0.4, -0.2) is 21.6 Å². The Labute approximate surface area is 115 Å². The zero-order valence-corrected chi connectivity index (χ0v) is 11.2. The number of nitro groups is 1. The molecule has 0 fully saturated rings. The average molecular weight is 276 g/mol. The van der Waals surface area contributed by atoms with Crippen molar-refractivity contribution in [1.82, 2.24) is 10.1 Å². The standard InChI is InChI=1S/C13H16N4O3/c1-9(5-4-8-14)13-15-12(16-20-13)10-6-2-3-7-11(10)17(18)19/h2-3,6-7,9H,4-5,8,14H2,1H3. The van der Waals surface area contributed by atoms with E-state index in [0.717, 1.165) is 12.8 Å². The van der Waals surface area contributed by atoms with Gasteiger partial charge < -0.3 is 10.3 Å². The van der Waals surface area contributed by atoms with Crippen LogP contribution in [0.4, 0.5) is 5.69 Å². The Kier molecular flexibility index (Phi) is 4.41. The van der Waals surface area contributed by atoms with Crippen LogP contribution >= 0.6 is 0 Å².